The second-order valence-corrected chi connectivity index (χ2v) is 4.92. The van der Waals surface area contributed by atoms with Gasteiger partial charge in [0, 0.05) is 23.9 Å². The molecule has 0 aliphatic carbocycles. The molecule has 1 aromatic rings. The van der Waals surface area contributed by atoms with Crippen LogP contribution in [0, 0.1) is 0 Å². The number of hydrogen-bond donors (Lipinski definition) is 1. The summed E-state index contributed by atoms with van der Waals surface area (Å²) in [5.74, 6) is 2.16. The minimum absolute atomic E-state index is 0.555. The Morgan fingerprint density at radius 3 is 2.88 bits per heavy atom. The van der Waals surface area contributed by atoms with Gasteiger partial charge in [-0.1, -0.05) is 6.92 Å². The van der Waals surface area contributed by atoms with Crippen LogP contribution >= 0.6 is 11.8 Å². The normalized spacial score (nSPS) is 13.3. The molecule has 4 heteroatoms. The maximum atomic E-state index is 5.66. The lowest BCUT2D eigenvalue weighted by molar-refractivity contribution is 0.227. The molecule has 0 radical (unpaired) electrons. The van der Waals surface area contributed by atoms with Crippen LogP contribution in [0.1, 0.15) is 24.7 Å². The fraction of sp³-hybridized carbons (Fsp3) is 0.667. The maximum Gasteiger partial charge on any atom is 0.122 e. The maximum absolute atomic E-state index is 5.66. The molecule has 0 aliphatic rings. The van der Waals surface area contributed by atoms with Gasteiger partial charge in [0.1, 0.15) is 5.76 Å². The van der Waals surface area contributed by atoms with Crippen molar-refractivity contribution in [3.63, 3.8) is 0 Å². The first-order valence-corrected chi connectivity index (χ1v) is 7.06. The smallest absolute Gasteiger partial charge is 0.122 e. The summed E-state index contributed by atoms with van der Waals surface area (Å²) in [6.07, 6.45) is 5.03. The zero-order chi connectivity index (χ0) is 12.0. The zero-order valence-corrected chi connectivity index (χ0v) is 11.2. The third-order valence-electron chi connectivity index (χ3n) is 2.90. The highest BCUT2D eigenvalue weighted by atomic mass is 32.2. The Morgan fingerprint density at radius 1 is 1.56 bits per heavy atom. The van der Waals surface area contributed by atoms with Crippen LogP contribution in [0.2, 0.25) is 0 Å². The third kappa shape index (κ3) is 3.54. The van der Waals surface area contributed by atoms with E-state index in [0.29, 0.717) is 12.6 Å². The van der Waals surface area contributed by atoms with Gasteiger partial charge in [0.15, 0.2) is 0 Å². The van der Waals surface area contributed by atoms with Gasteiger partial charge in [0.05, 0.1) is 12.8 Å². The second kappa shape index (κ2) is 6.99. The zero-order valence-electron chi connectivity index (χ0n) is 10.4. The molecule has 1 heterocycles. The molecule has 16 heavy (non-hydrogen) atoms. The van der Waals surface area contributed by atoms with E-state index in [1.165, 1.54) is 0 Å². The predicted octanol–water partition coefficient (Wildman–Crippen LogP) is 2.31. The molecule has 0 bridgehead atoms. The van der Waals surface area contributed by atoms with Crippen LogP contribution in [0.5, 0.6) is 0 Å². The van der Waals surface area contributed by atoms with Gasteiger partial charge in [-0.3, -0.25) is 4.90 Å². The van der Waals surface area contributed by atoms with Gasteiger partial charge in [-0.25, -0.2) is 0 Å². The monoisotopic (exact) mass is 242 g/mol. The summed E-state index contributed by atoms with van der Waals surface area (Å²) in [6.45, 7) is 3.63. The fourth-order valence-electron chi connectivity index (χ4n) is 1.79. The standard InChI is InChI=1S/C12H22N2OS/c1-4-11(9-16-3)14(2)8-12-10(7-13)5-6-15-12/h5-6,11H,4,7-9,13H2,1-3H3. The molecule has 1 atom stereocenters. The van der Waals surface area contributed by atoms with Crippen molar-refractivity contribution in [2.45, 2.75) is 32.5 Å². The van der Waals surface area contributed by atoms with Gasteiger partial charge in [0.25, 0.3) is 0 Å². The molecule has 0 aromatic carbocycles. The van der Waals surface area contributed by atoms with Crippen LogP contribution < -0.4 is 5.73 Å². The largest absolute Gasteiger partial charge is 0.468 e. The lowest BCUT2D eigenvalue weighted by Crippen LogP contribution is -2.32. The van der Waals surface area contributed by atoms with E-state index in [2.05, 4.69) is 25.1 Å². The molecular weight excluding hydrogens is 220 g/mol. The van der Waals surface area contributed by atoms with E-state index in [1.807, 2.05) is 17.8 Å². The summed E-state index contributed by atoms with van der Waals surface area (Å²) in [4.78, 5) is 2.34. The Bertz CT molecular complexity index is 301. The molecule has 0 spiro atoms. The van der Waals surface area contributed by atoms with Crippen molar-refractivity contribution in [1.82, 2.24) is 4.90 Å². The first-order valence-electron chi connectivity index (χ1n) is 5.67. The molecular formula is C12H22N2OS. The summed E-state index contributed by atoms with van der Waals surface area (Å²) < 4.78 is 5.47. The number of rotatable bonds is 7. The van der Waals surface area contributed by atoms with E-state index in [0.717, 1.165) is 30.0 Å². The van der Waals surface area contributed by atoms with Crippen LogP contribution in [0.3, 0.4) is 0 Å². The van der Waals surface area contributed by atoms with Crippen molar-refractivity contribution < 1.29 is 4.42 Å². The molecule has 0 saturated carbocycles. The number of thioether (sulfide) groups is 1. The van der Waals surface area contributed by atoms with Crippen LogP contribution in [-0.4, -0.2) is 30.0 Å². The molecule has 1 aromatic heterocycles. The molecule has 92 valence electrons. The van der Waals surface area contributed by atoms with Crippen molar-refractivity contribution in [2.75, 3.05) is 19.1 Å². The highest BCUT2D eigenvalue weighted by molar-refractivity contribution is 7.98. The minimum atomic E-state index is 0.555. The van der Waals surface area contributed by atoms with Crippen LogP contribution in [0.15, 0.2) is 16.7 Å². The highest BCUT2D eigenvalue weighted by Gasteiger charge is 2.15. The summed E-state index contributed by atoms with van der Waals surface area (Å²) >= 11 is 1.89. The van der Waals surface area contributed by atoms with E-state index in [-0.39, 0.29) is 0 Å². The van der Waals surface area contributed by atoms with Crippen molar-refractivity contribution >= 4 is 11.8 Å². The van der Waals surface area contributed by atoms with E-state index in [1.54, 1.807) is 6.26 Å². The Morgan fingerprint density at radius 2 is 2.31 bits per heavy atom. The Balaban J connectivity index is 2.58. The highest BCUT2D eigenvalue weighted by Crippen LogP contribution is 2.16. The van der Waals surface area contributed by atoms with Gasteiger partial charge in [0.2, 0.25) is 0 Å². The summed E-state index contributed by atoms with van der Waals surface area (Å²) in [5.41, 5.74) is 6.77. The van der Waals surface area contributed by atoms with Crippen molar-refractivity contribution in [3.8, 4) is 0 Å². The molecule has 1 unspecified atom stereocenters. The number of nitrogens with two attached hydrogens (primary N) is 1. The lowest BCUT2D eigenvalue weighted by Gasteiger charge is -2.25. The Kier molecular flexibility index (Phi) is 5.95. The summed E-state index contributed by atoms with van der Waals surface area (Å²) in [7, 11) is 2.15. The number of nitrogens with zero attached hydrogens (tertiary/aromatic N) is 1. The summed E-state index contributed by atoms with van der Waals surface area (Å²) in [6, 6.07) is 2.56. The SMILES string of the molecule is CCC(CSC)N(C)Cc1occc1CN. The van der Waals surface area contributed by atoms with Crippen LogP contribution in [0.25, 0.3) is 0 Å². The molecule has 3 nitrogen and oxygen atoms in total. The first kappa shape index (κ1) is 13.6. The van der Waals surface area contributed by atoms with Crippen molar-refractivity contribution in [1.29, 1.82) is 0 Å². The Hall–Kier alpha value is -0.450. The van der Waals surface area contributed by atoms with Crippen molar-refractivity contribution in [2.24, 2.45) is 5.73 Å². The quantitative estimate of drug-likeness (QED) is 0.797. The van der Waals surface area contributed by atoms with Gasteiger partial charge in [-0.2, -0.15) is 11.8 Å². The van der Waals surface area contributed by atoms with E-state index in [9.17, 15) is 0 Å². The molecule has 0 aliphatic heterocycles. The first-order chi connectivity index (χ1) is 7.72. The van der Waals surface area contributed by atoms with Crippen LogP contribution in [-0.2, 0) is 13.1 Å². The fourth-order valence-corrected chi connectivity index (χ4v) is 2.67. The van der Waals surface area contributed by atoms with Gasteiger partial charge < -0.3 is 10.2 Å². The van der Waals surface area contributed by atoms with E-state index >= 15 is 0 Å². The van der Waals surface area contributed by atoms with Gasteiger partial charge in [-0.05, 0) is 25.8 Å². The second-order valence-electron chi connectivity index (χ2n) is 4.01. The predicted molar refractivity (Wildman–Crippen MR) is 70.5 cm³/mol. The molecule has 0 saturated heterocycles. The molecule has 0 amide bonds. The van der Waals surface area contributed by atoms with Gasteiger partial charge >= 0.3 is 0 Å². The average Bonchev–Trinajstić information content (AvgIpc) is 2.72. The third-order valence-corrected chi connectivity index (χ3v) is 3.62. The van der Waals surface area contributed by atoms with Crippen molar-refractivity contribution in [3.05, 3.63) is 23.7 Å². The van der Waals surface area contributed by atoms with E-state index < -0.39 is 0 Å². The Labute approximate surface area is 102 Å². The van der Waals surface area contributed by atoms with E-state index in [4.69, 9.17) is 10.2 Å². The summed E-state index contributed by atoms with van der Waals surface area (Å²) in [5, 5.41) is 0. The number of hydrogen-bond acceptors (Lipinski definition) is 4. The molecule has 2 N–H and O–H groups in total. The minimum Gasteiger partial charge on any atom is -0.468 e. The average molecular weight is 242 g/mol. The molecule has 1 rings (SSSR count). The topological polar surface area (TPSA) is 42.4 Å². The lowest BCUT2D eigenvalue weighted by atomic mass is 10.2. The van der Waals surface area contributed by atoms with Crippen LogP contribution in [0.4, 0.5) is 0 Å². The number of furan rings is 1. The van der Waals surface area contributed by atoms with Gasteiger partial charge in [-0.15, -0.1) is 0 Å². The molecule has 0 fully saturated rings.